The molecule has 0 aliphatic rings. The van der Waals surface area contributed by atoms with Crippen LogP contribution in [0.25, 0.3) is 0 Å². The fraction of sp³-hybridized carbons (Fsp3) is 0.600. The Morgan fingerprint density at radius 1 is 1.44 bits per heavy atom. The van der Waals surface area contributed by atoms with Crippen LogP contribution in [0.3, 0.4) is 0 Å². The van der Waals surface area contributed by atoms with Crippen LogP contribution in [0.15, 0.2) is 12.7 Å². The summed E-state index contributed by atoms with van der Waals surface area (Å²) in [4.78, 5) is 21.7. The third-order valence-corrected chi connectivity index (χ3v) is 2.29. The first-order valence-corrected chi connectivity index (χ1v) is 5.96. The number of ether oxygens (including phenoxy) is 2. The molecule has 0 spiro atoms. The van der Waals surface area contributed by atoms with E-state index in [0.29, 0.717) is 0 Å². The van der Waals surface area contributed by atoms with E-state index in [1.165, 1.54) is 11.8 Å². The molecule has 1 atom stereocenters. The van der Waals surface area contributed by atoms with Crippen molar-refractivity contribution in [1.82, 2.24) is 0 Å². The average molecular weight is 248 g/mol. The third kappa shape index (κ3) is 8.31. The van der Waals surface area contributed by atoms with Gasteiger partial charge in [0.15, 0.2) is 0 Å². The van der Waals surface area contributed by atoms with Gasteiger partial charge in [-0.15, -0.1) is 0 Å². The Bertz CT molecular complexity index is 241. The normalized spacial score (nSPS) is 11.6. The summed E-state index contributed by atoms with van der Waals surface area (Å²) in [5, 5.41) is 9.27. The Morgan fingerprint density at radius 2 is 2.06 bits per heavy atom. The lowest BCUT2D eigenvalue weighted by atomic mass is 10.4. The molecule has 1 unspecified atom stereocenters. The molecule has 0 radical (unpaired) electrons. The van der Waals surface area contributed by atoms with E-state index in [2.05, 4.69) is 11.3 Å². The second-order valence-electron chi connectivity index (χ2n) is 2.81. The lowest BCUT2D eigenvalue weighted by Crippen LogP contribution is -2.25. The summed E-state index contributed by atoms with van der Waals surface area (Å²) in [5.74, 6) is 0.0810. The molecule has 6 heteroatoms. The number of carbonyl (C=O) groups is 2. The number of aliphatic hydroxyl groups excluding tert-OH is 1. The van der Waals surface area contributed by atoms with Crippen molar-refractivity contribution in [3.8, 4) is 0 Å². The number of hydrogen-bond donors (Lipinski definition) is 1. The van der Waals surface area contributed by atoms with E-state index in [-0.39, 0.29) is 24.9 Å². The highest BCUT2D eigenvalue weighted by molar-refractivity contribution is 7.99. The van der Waals surface area contributed by atoms with Crippen LogP contribution in [0.5, 0.6) is 0 Å². The van der Waals surface area contributed by atoms with Crippen molar-refractivity contribution in [2.24, 2.45) is 0 Å². The molecule has 0 rings (SSSR count). The zero-order valence-electron chi connectivity index (χ0n) is 9.18. The van der Waals surface area contributed by atoms with Gasteiger partial charge in [0.1, 0.15) is 19.3 Å². The quantitative estimate of drug-likeness (QED) is 0.494. The molecule has 0 bridgehead atoms. The monoisotopic (exact) mass is 248 g/mol. The fourth-order valence-corrected chi connectivity index (χ4v) is 1.16. The van der Waals surface area contributed by atoms with E-state index in [4.69, 9.17) is 4.74 Å². The maximum atomic E-state index is 11.0. The van der Waals surface area contributed by atoms with Crippen molar-refractivity contribution >= 4 is 23.7 Å². The minimum Gasteiger partial charge on any atom is -0.462 e. The lowest BCUT2D eigenvalue weighted by molar-refractivity contribution is -0.147. The molecule has 0 fully saturated rings. The van der Waals surface area contributed by atoms with Gasteiger partial charge in [-0.05, 0) is 5.75 Å². The molecule has 0 aromatic heterocycles. The van der Waals surface area contributed by atoms with Crippen molar-refractivity contribution in [3.05, 3.63) is 12.7 Å². The maximum Gasteiger partial charge on any atom is 0.330 e. The molecular weight excluding hydrogens is 232 g/mol. The smallest absolute Gasteiger partial charge is 0.330 e. The van der Waals surface area contributed by atoms with Crippen LogP contribution in [0.4, 0.5) is 0 Å². The molecule has 92 valence electrons. The first kappa shape index (κ1) is 15.0. The highest BCUT2D eigenvalue weighted by atomic mass is 32.2. The minimum absolute atomic E-state index is 0.173. The summed E-state index contributed by atoms with van der Waals surface area (Å²) in [6.07, 6.45) is -0.00384. The van der Waals surface area contributed by atoms with Crippen molar-refractivity contribution < 1.29 is 24.2 Å². The summed E-state index contributed by atoms with van der Waals surface area (Å²) >= 11 is 1.43. The second-order valence-corrected chi connectivity index (χ2v) is 4.08. The number of carbonyl (C=O) groups excluding carboxylic acids is 2. The lowest BCUT2D eigenvalue weighted by Gasteiger charge is -2.10. The van der Waals surface area contributed by atoms with E-state index in [1.54, 1.807) is 0 Å². The molecule has 0 aliphatic heterocycles. The Kier molecular flexibility index (Phi) is 8.65. The summed E-state index contributed by atoms with van der Waals surface area (Å²) in [7, 11) is 0. The van der Waals surface area contributed by atoms with E-state index >= 15 is 0 Å². The zero-order chi connectivity index (χ0) is 12.4. The predicted octanol–water partition coefficient (Wildman–Crippen LogP) is 0.373. The highest BCUT2D eigenvalue weighted by Gasteiger charge is 2.10. The van der Waals surface area contributed by atoms with Crippen LogP contribution in [-0.2, 0) is 19.1 Å². The van der Waals surface area contributed by atoms with Gasteiger partial charge in [0.2, 0.25) is 0 Å². The van der Waals surface area contributed by atoms with E-state index in [0.717, 1.165) is 11.8 Å². The second kappa shape index (κ2) is 9.23. The Labute approximate surface area is 98.8 Å². The first-order valence-electron chi connectivity index (χ1n) is 4.80. The first-order chi connectivity index (χ1) is 7.60. The largest absolute Gasteiger partial charge is 0.462 e. The summed E-state index contributed by atoms with van der Waals surface area (Å²) in [6.45, 7) is 4.75. The van der Waals surface area contributed by atoms with Crippen molar-refractivity contribution in [1.29, 1.82) is 0 Å². The predicted molar refractivity (Wildman–Crippen MR) is 61.1 cm³/mol. The number of hydrogen-bond acceptors (Lipinski definition) is 6. The number of thioether (sulfide) groups is 1. The van der Waals surface area contributed by atoms with Gasteiger partial charge in [-0.3, -0.25) is 4.79 Å². The molecule has 0 aromatic carbocycles. The molecule has 0 saturated carbocycles. The van der Waals surface area contributed by atoms with Crippen LogP contribution in [0.2, 0.25) is 0 Å². The van der Waals surface area contributed by atoms with E-state index in [9.17, 15) is 14.7 Å². The standard InChI is InChI=1S/C10H16O5S/c1-3-9(12)14-5-8(11)6-15-10(13)7-16-4-2/h3,8,11H,1,4-7H2,2H3. The Hall–Kier alpha value is -1.01. The molecule has 0 amide bonds. The van der Waals surface area contributed by atoms with Gasteiger partial charge in [-0.1, -0.05) is 13.5 Å². The molecule has 0 heterocycles. The molecule has 16 heavy (non-hydrogen) atoms. The highest BCUT2D eigenvalue weighted by Crippen LogP contribution is 1.99. The van der Waals surface area contributed by atoms with Gasteiger partial charge in [0, 0.05) is 6.08 Å². The van der Waals surface area contributed by atoms with Gasteiger partial charge in [-0.25, -0.2) is 4.79 Å². The Morgan fingerprint density at radius 3 is 2.62 bits per heavy atom. The summed E-state index contributed by atoms with van der Waals surface area (Å²) < 4.78 is 9.31. The van der Waals surface area contributed by atoms with Gasteiger partial charge < -0.3 is 14.6 Å². The Balaban J connectivity index is 3.56. The fourth-order valence-electron chi connectivity index (χ4n) is 0.702. The van der Waals surface area contributed by atoms with Gasteiger partial charge in [0.25, 0.3) is 0 Å². The van der Waals surface area contributed by atoms with E-state index in [1.807, 2.05) is 6.92 Å². The number of aliphatic hydroxyl groups is 1. The minimum atomic E-state index is -1.00. The molecule has 1 N–H and O–H groups in total. The molecule has 0 saturated heterocycles. The number of esters is 2. The van der Waals surface area contributed by atoms with Crippen LogP contribution in [0.1, 0.15) is 6.92 Å². The average Bonchev–Trinajstić information content (AvgIpc) is 2.30. The van der Waals surface area contributed by atoms with Crippen molar-refractivity contribution in [2.45, 2.75) is 13.0 Å². The van der Waals surface area contributed by atoms with Crippen molar-refractivity contribution in [3.63, 3.8) is 0 Å². The molecule has 0 aromatic rings. The van der Waals surface area contributed by atoms with Crippen LogP contribution in [-0.4, -0.2) is 47.9 Å². The molecule has 5 nitrogen and oxygen atoms in total. The SMILES string of the molecule is C=CC(=O)OCC(O)COC(=O)CSCC. The zero-order valence-corrected chi connectivity index (χ0v) is 10.00. The van der Waals surface area contributed by atoms with Gasteiger partial charge in [-0.2, -0.15) is 11.8 Å². The third-order valence-electron chi connectivity index (χ3n) is 1.45. The summed E-state index contributed by atoms with van der Waals surface area (Å²) in [6, 6.07) is 0. The van der Waals surface area contributed by atoms with Crippen molar-refractivity contribution in [2.75, 3.05) is 24.7 Å². The topological polar surface area (TPSA) is 72.8 Å². The molecule has 0 aliphatic carbocycles. The van der Waals surface area contributed by atoms with E-state index < -0.39 is 12.1 Å². The van der Waals surface area contributed by atoms with Crippen LogP contribution < -0.4 is 0 Å². The number of rotatable bonds is 8. The van der Waals surface area contributed by atoms with Gasteiger partial charge in [0.05, 0.1) is 5.75 Å². The van der Waals surface area contributed by atoms with Crippen LogP contribution in [0, 0.1) is 0 Å². The summed E-state index contributed by atoms with van der Waals surface area (Å²) in [5.41, 5.74) is 0. The molecular formula is C10H16O5S. The van der Waals surface area contributed by atoms with Crippen LogP contribution >= 0.6 is 11.8 Å². The maximum absolute atomic E-state index is 11.0. The van der Waals surface area contributed by atoms with Gasteiger partial charge >= 0.3 is 11.9 Å².